The molecule has 0 aromatic heterocycles. The normalized spacial score (nSPS) is 18.5. The maximum Gasteiger partial charge on any atom is 0.251 e. The van der Waals surface area contributed by atoms with Crippen molar-refractivity contribution in [2.75, 3.05) is 44.4 Å². The van der Waals surface area contributed by atoms with E-state index in [4.69, 9.17) is 9.47 Å². The average molecular weight is 595 g/mol. The van der Waals surface area contributed by atoms with Crippen molar-refractivity contribution in [3.63, 3.8) is 0 Å². The Balaban J connectivity index is 1.52. The van der Waals surface area contributed by atoms with Crippen LogP contribution in [0.3, 0.4) is 0 Å². The minimum absolute atomic E-state index is 0.201. The van der Waals surface area contributed by atoms with Gasteiger partial charge in [0.05, 0.1) is 11.5 Å². The highest BCUT2D eigenvalue weighted by atomic mass is 16.5. The lowest BCUT2D eigenvalue weighted by molar-refractivity contribution is 0.0675. The van der Waals surface area contributed by atoms with Crippen molar-refractivity contribution in [1.82, 2.24) is 10.6 Å². The lowest BCUT2D eigenvalue weighted by atomic mass is 9.75. The number of hydrogen-bond acceptors (Lipinski definition) is 7. The molecule has 0 atom stereocenters. The van der Waals surface area contributed by atoms with Gasteiger partial charge in [-0.25, -0.2) is 4.79 Å². The number of nitrogens with one attached hydrogen (secondary N) is 2. The predicted molar refractivity (Wildman–Crippen MR) is 172 cm³/mol. The van der Waals surface area contributed by atoms with Crippen molar-refractivity contribution >= 4 is 17.5 Å². The number of carbonyl (C=O) groups is 1. The van der Waals surface area contributed by atoms with Gasteiger partial charge in [-0.1, -0.05) is 24.3 Å². The van der Waals surface area contributed by atoms with Crippen LogP contribution in [-0.4, -0.2) is 57.4 Å². The number of allylic oxidation sites excluding steroid dienone is 3. The number of ether oxygens (including phenoxy) is 2. The largest absolute Gasteiger partial charge is 0.381 e. The third-order valence-electron chi connectivity index (χ3n) is 9.30. The van der Waals surface area contributed by atoms with E-state index in [1.165, 1.54) is 0 Å². The first-order chi connectivity index (χ1) is 21.3. The molecule has 2 aromatic rings. The first-order valence-electron chi connectivity index (χ1n) is 15.6. The van der Waals surface area contributed by atoms with Gasteiger partial charge >= 0.3 is 0 Å². The molecule has 44 heavy (non-hydrogen) atoms. The van der Waals surface area contributed by atoms with Crippen LogP contribution in [0.25, 0.3) is 11.1 Å². The Morgan fingerprint density at radius 1 is 1.05 bits per heavy atom. The topological polar surface area (TPSA) is 104 Å². The van der Waals surface area contributed by atoms with E-state index < -0.39 is 5.41 Å². The van der Waals surface area contributed by atoms with Gasteiger partial charge < -0.3 is 25.0 Å². The summed E-state index contributed by atoms with van der Waals surface area (Å²) in [6, 6.07) is 15.2. The predicted octanol–water partition coefficient (Wildman–Crippen LogP) is 5.51. The lowest BCUT2D eigenvalue weighted by Crippen LogP contribution is -2.40. The van der Waals surface area contributed by atoms with Crippen LogP contribution in [0, 0.1) is 18.3 Å². The summed E-state index contributed by atoms with van der Waals surface area (Å²) in [4.78, 5) is 27.9. The summed E-state index contributed by atoms with van der Waals surface area (Å²) in [7, 11) is 0. The zero-order valence-corrected chi connectivity index (χ0v) is 26.2. The van der Waals surface area contributed by atoms with E-state index in [9.17, 15) is 14.9 Å². The van der Waals surface area contributed by atoms with E-state index in [1.807, 2.05) is 51.0 Å². The van der Waals surface area contributed by atoms with Gasteiger partial charge in [-0.3, -0.25) is 4.79 Å². The fourth-order valence-electron chi connectivity index (χ4n) is 6.68. The Morgan fingerprint density at radius 2 is 1.73 bits per heavy atom. The molecule has 230 valence electrons. The smallest absolute Gasteiger partial charge is 0.251 e. The fourth-order valence-corrected chi connectivity index (χ4v) is 6.68. The highest BCUT2D eigenvalue weighted by molar-refractivity contribution is 5.99. The number of nitriles is 1. The monoisotopic (exact) mass is 594 g/mol. The summed E-state index contributed by atoms with van der Waals surface area (Å²) in [5, 5.41) is 16.2. The molecule has 5 rings (SSSR count). The summed E-state index contributed by atoms with van der Waals surface area (Å²) in [5.74, 6) is 1.78. The summed E-state index contributed by atoms with van der Waals surface area (Å²) >= 11 is 0. The molecule has 1 amide bonds. The lowest BCUT2D eigenvalue weighted by Gasteiger charge is -2.37. The zero-order valence-electron chi connectivity index (χ0n) is 26.2. The molecule has 0 bridgehead atoms. The Kier molecular flexibility index (Phi) is 9.71. The van der Waals surface area contributed by atoms with Crippen molar-refractivity contribution in [2.24, 2.45) is 0 Å². The second-order valence-corrected chi connectivity index (χ2v) is 12.0. The molecule has 2 N–H and O–H groups in total. The van der Waals surface area contributed by atoms with Crippen molar-refractivity contribution < 1.29 is 19.1 Å². The molecule has 0 unspecified atom stereocenters. The van der Waals surface area contributed by atoms with E-state index in [-0.39, 0.29) is 12.5 Å². The van der Waals surface area contributed by atoms with Crippen molar-refractivity contribution in [2.45, 2.75) is 64.8 Å². The molecule has 0 radical (unpaired) electrons. The van der Waals surface area contributed by atoms with Gasteiger partial charge in [0.25, 0.3) is 5.91 Å². The van der Waals surface area contributed by atoms with E-state index in [0.29, 0.717) is 43.4 Å². The van der Waals surface area contributed by atoms with Gasteiger partial charge in [0.1, 0.15) is 5.70 Å². The van der Waals surface area contributed by atoms with Gasteiger partial charge in [-0.15, -0.1) is 0 Å². The highest BCUT2D eigenvalue weighted by Crippen LogP contribution is 2.37. The Bertz CT molecular complexity index is 1550. The molecule has 3 heterocycles. The van der Waals surface area contributed by atoms with Crippen LogP contribution in [0.15, 0.2) is 65.0 Å². The second-order valence-electron chi connectivity index (χ2n) is 12.0. The number of dihydropyridines is 1. The van der Waals surface area contributed by atoms with Crippen LogP contribution < -0.4 is 15.5 Å². The first-order valence-corrected chi connectivity index (χ1v) is 15.6. The molecule has 0 saturated carbocycles. The molecule has 2 saturated heterocycles. The van der Waals surface area contributed by atoms with E-state index in [0.717, 1.165) is 77.4 Å². The quantitative estimate of drug-likeness (QED) is 0.389. The molecule has 2 aromatic carbocycles. The summed E-state index contributed by atoms with van der Waals surface area (Å²) in [5.41, 5.74) is 7.78. The fraction of sp³-hybridized carbons (Fsp3) is 0.444. The van der Waals surface area contributed by atoms with Crippen LogP contribution in [-0.2, 0) is 19.7 Å². The standard InChI is InChI=1S/C36H42N4O4/c1-5-40(30-10-14-43-15-11-30)34-20-28(27-6-8-29(9-7-27)36(23-37)12-16-44-17-13-36)19-31(26(34)4)35(42)38-21-32-24(2)18-25(3)39-33(32)22-41/h6-9,18-20,30,39H,5,10-17,21H2,1-4H3,(H,38,42). The van der Waals surface area contributed by atoms with Gasteiger partial charge in [0, 0.05) is 68.1 Å². The molecular formula is C36H42N4O4. The molecule has 8 heteroatoms. The summed E-state index contributed by atoms with van der Waals surface area (Å²) < 4.78 is 11.2. The SMILES string of the molecule is CCN(c1cc(-c2ccc(C3(C#N)CCOCC3)cc2)cc(C(=O)NCC2=C(C)C=C(C)NC2=C=O)c1C)C1CCOCC1. The van der Waals surface area contributed by atoms with Crippen molar-refractivity contribution in [3.8, 4) is 17.2 Å². The molecular weight excluding hydrogens is 552 g/mol. The first kappa shape index (κ1) is 31.3. The number of amides is 1. The molecule has 0 spiro atoms. The third-order valence-corrected chi connectivity index (χ3v) is 9.30. The van der Waals surface area contributed by atoms with E-state index in [2.05, 4.69) is 46.7 Å². The van der Waals surface area contributed by atoms with Crippen LogP contribution in [0.2, 0.25) is 0 Å². The number of carbonyl (C=O) groups excluding carboxylic acids is 2. The minimum atomic E-state index is -0.536. The van der Waals surface area contributed by atoms with Crippen LogP contribution in [0.5, 0.6) is 0 Å². The Morgan fingerprint density at radius 3 is 2.36 bits per heavy atom. The number of nitrogens with zero attached hydrogens (tertiary/aromatic N) is 2. The summed E-state index contributed by atoms with van der Waals surface area (Å²) in [6.07, 6.45) is 5.18. The maximum absolute atomic E-state index is 13.9. The third kappa shape index (κ3) is 6.37. The van der Waals surface area contributed by atoms with Gasteiger partial charge in [-0.2, -0.15) is 5.26 Å². The maximum atomic E-state index is 13.9. The highest BCUT2D eigenvalue weighted by Gasteiger charge is 2.34. The zero-order chi connectivity index (χ0) is 31.3. The van der Waals surface area contributed by atoms with Crippen LogP contribution >= 0.6 is 0 Å². The number of rotatable bonds is 8. The summed E-state index contributed by atoms with van der Waals surface area (Å²) in [6.45, 7) is 11.6. The second kappa shape index (κ2) is 13.7. The molecule has 3 aliphatic rings. The van der Waals surface area contributed by atoms with Gasteiger partial charge in [0.2, 0.25) is 0 Å². The molecule has 8 nitrogen and oxygen atoms in total. The minimum Gasteiger partial charge on any atom is -0.381 e. The van der Waals surface area contributed by atoms with Gasteiger partial charge in [0.15, 0.2) is 5.94 Å². The van der Waals surface area contributed by atoms with Crippen molar-refractivity contribution in [3.05, 3.63) is 81.7 Å². The molecule has 3 aliphatic heterocycles. The van der Waals surface area contributed by atoms with E-state index in [1.54, 1.807) is 0 Å². The Labute approximate surface area is 260 Å². The molecule has 0 aliphatic carbocycles. The molecule has 2 fully saturated rings. The number of anilines is 1. The van der Waals surface area contributed by atoms with Crippen molar-refractivity contribution in [1.29, 1.82) is 5.26 Å². The number of hydrogen-bond donors (Lipinski definition) is 2. The number of benzene rings is 2. The average Bonchev–Trinajstić information content (AvgIpc) is 3.05. The van der Waals surface area contributed by atoms with Crippen LogP contribution in [0.1, 0.15) is 67.9 Å². The Hall–Kier alpha value is -4.15. The van der Waals surface area contributed by atoms with Crippen LogP contribution in [0.4, 0.5) is 5.69 Å². The van der Waals surface area contributed by atoms with E-state index >= 15 is 0 Å². The van der Waals surface area contributed by atoms with Gasteiger partial charge in [-0.05, 0) is 99.4 Å².